The molecule has 144 valence electrons. The molecule has 2 aliphatic heterocycles. The molecule has 0 aromatic rings. The van der Waals surface area contributed by atoms with Crippen molar-refractivity contribution < 1.29 is 14.4 Å². The zero-order chi connectivity index (χ0) is 17.4. The molecule has 2 aliphatic rings. The van der Waals surface area contributed by atoms with E-state index in [0.29, 0.717) is 19.0 Å². The molecule has 8 nitrogen and oxygen atoms in total. The molecule has 2 heterocycles. The molecule has 2 fully saturated rings. The van der Waals surface area contributed by atoms with Gasteiger partial charge in [-0.2, -0.15) is 0 Å². The summed E-state index contributed by atoms with van der Waals surface area (Å²) in [5.74, 6) is 0.140. The topological polar surface area (TPSA) is 103 Å². The van der Waals surface area contributed by atoms with Crippen molar-refractivity contribution >= 4 is 30.3 Å². The monoisotopic (exact) mass is 375 g/mol. The molecular formula is C16H30ClN5O3. The highest BCUT2D eigenvalue weighted by atomic mass is 35.5. The molecule has 0 saturated carbocycles. The second-order valence-corrected chi connectivity index (χ2v) is 6.55. The first-order valence-corrected chi connectivity index (χ1v) is 8.89. The van der Waals surface area contributed by atoms with Gasteiger partial charge in [-0.15, -0.1) is 12.4 Å². The summed E-state index contributed by atoms with van der Waals surface area (Å²) in [4.78, 5) is 37.3. The van der Waals surface area contributed by atoms with Crippen LogP contribution in [0.15, 0.2) is 0 Å². The van der Waals surface area contributed by atoms with Crippen LogP contribution in [0.4, 0.5) is 4.79 Å². The number of hydrogen-bond donors (Lipinski definition) is 4. The molecule has 0 aromatic heterocycles. The van der Waals surface area contributed by atoms with Crippen LogP contribution in [0.1, 0.15) is 32.6 Å². The van der Waals surface area contributed by atoms with E-state index in [9.17, 15) is 14.4 Å². The number of nitrogens with zero attached hydrogens (tertiary/aromatic N) is 1. The lowest BCUT2D eigenvalue weighted by Gasteiger charge is -2.32. The van der Waals surface area contributed by atoms with Crippen LogP contribution in [-0.4, -0.2) is 68.1 Å². The second kappa shape index (κ2) is 11.3. The van der Waals surface area contributed by atoms with Gasteiger partial charge in [-0.25, -0.2) is 4.79 Å². The van der Waals surface area contributed by atoms with Crippen molar-refractivity contribution in [3.05, 3.63) is 0 Å². The van der Waals surface area contributed by atoms with Crippen LogP contribution in [-0.2, 0) is 9.59 Å². The molecule has 0 radical (unpaired) electrons. The number of hydrogen-bond acceptors (Lipinski definition) is 5. The molecule has 25 heavy (non-hydrogen) atoms. The van der Waals surface area contributed by atoms with Gasteiger partial charge < -0.3 is 16.0 Å². The van der Waals surface area contributed by atoms with Gasteiger partial charge >= 0.3 is 6.03 Å². The predicted molar refractivity (Wildman–Crippen MR) is 97.7 cm³/mol. The Balaban J connectivity index is 0.00000312. The Labute approximate surface area is 155 Å². The molecule has 4 N–H and O–H groups in total. The standard InChI is InChI=1S/C16H29N5O3.ClH/c1-2-17-16(24)20-14(22)11-21-8-4-5-12(10-21)9-19-15(23)13-6-3-7-18-13;/h12-13,18H,2-11H2,1H3,(H,19,23)(H2,17,20,22,24);1H. The smallest absolute Gasteiger partial charge is 0.321 e. The van der Waals surface area contributed by atoms with Crippen LogP contribution in [0, 0.1) is 5.92 Å². The fourth-order valence-electron chi connectivity index (χ4n) is 3.31. The Kier molecular flexibility index (Phi) is 9.77. The summed E-state index contributed by atoms with van der Waals surface area (Å²) in [7, 11) is 0. The first kappa shape index (κ1) is 21.7. The van der Waals surface area contributed by atoms with Crippen molar-refractivity contribution in [3.8, 4) is 0 Å². The Morgan fingerprint density at radius 1 is 1.16 bits per heavy atom. The number of carbonyl (C=O) groups is 3. The number of nitrogens with one attached hydrogen (secondary N) is 4. The lowest BCUT2D eigenvalue weighted by molar-refractivity contribution is -0.124. The first-order chi connectivity index (χ1) is 11.6. The quantitative estimate of drug-likeness (QED) is 0.516. The third-order valence-corrected chi connectivity index (χ3v) is 4.50. The highest BCUT2D eigenvalue weighted by molar-refractivity contribution is 5.95. The molecule has 2 atom stereocenters. The van der Waals surface area contributed by atoms with E-state index in [1.165, 1.54) is 0 Å². The summed E-state index contributed by atoms with van der Waals surface area (Å²) in [6, 6.07) is -0.500. The van der Waals surface area contributed by atoms with Crippen LogP contribution in [0.2, 0.25) is 0 Å². The summed E-state index contributed by atoms with van der Waals surface area (Å²) in [6.07, 6.45) is 4.00. The molecule has 4 amide bonds. The maximum Gasteiger partial charge on any atom is 0.321 e. The van der Waals surface area contributed by atoms with Gasteiger partial charge in [0.15, 0.2) is 0 Å². The van der Waals surface area contributed by atoms with Crippen LogP contribution in [0.25, 0.3) is 0 Å². The Morgan fingerprint density at radius 2 is 1.96 bits per heavy atom. The number of piperidine rings is 1. The van der Waals surface area contributed by atoms with Gasteiger partial charge in [0.05, 0.1) is 12.6 Å². The lowest BCUT2D eigenvalue weighted by Crippen LogP contribution is -2.49. The van der Waals surface area contributed by atoms with Gasteiger partial charge in [0.25, 0.3) is 0 Å². The summed E-state index contributed by atoms with van der Waals surface area (Å²) >= 11 is 0. The van der Waals surface area contributed by atoms with E-state index >= 15 is 0 Å². The zero-order valence-corrected chi connectivity index (χ0v) is 15.6. The molecular weight excluding hydrogens is 346 g/mol. The number of rotatable bonds is 6. The fourth-order valence-corrected chi connectivity index (χ4v) is 3.31. The highest BCUT2D eigenvalue weighted by Crippen LogP contribution is 2.15. The van der Waals surface area contributed by atoms with E-state index in [2.05, 4.69) is 21.3 Å². The highest BCUT2D eigenvalue weighted by Gasteiger charge is 2.25. The van der Waals surface area contributed by atoms with Crippen molar-refractivity contribution in [1.82, 2.24) is 26.2 Å². The SMILES string of the molecule is CCNC(=O)NC(=O)CN1CCCC(CNC(=O)C2CCCN2)C1.Cl. The second-order valence-electron chi connectivity index (χ2n) is 6.55. The predicted octanol–water partition coefficient (Wildman–Crippen LogP) is -0.166. The van der Waals surface area contributed by atoms with E-state index in [1.54, 1.807) is 6.92 Å². The van der Waals surface area contributed by atoms with Gasteiger partial charge in [0.2, 0.25) is 11.8 Å². The van der Waals surface area contributed by atoms with Gasteiger partial charge in [0, 0.05) is 19.6 Å². The van der Waals surface area contributed by atoms with E-state index in [0.717, 1.165) is 45.3 Å². The molecule has 2 saturated heterocycles. The maximum absolute atomic E-state index is 12.0. The number of halogens is 1. The summed E-state index contributed by atoms with van der Waals surface area (Å²) in [5, 5.41) is 11.1. The molecule has 0 aliphatic carbocycles. The first-order valence-electron chi connectivity index (χ1n) is 8.89. The summed E-state index contributed by atoms with van der Waals surface area (Å²) in [5.41, 5.74) is 0. The summed E-state index contributed by atoms with van der Waals surface area (Å²) in [6.45, 7) is 5.67. The molecule has 2 unspecified atom stereocenters. The minimum atomic E-state index is -0.451. The number of carbonyl (C=O) groups excluding carboxylic acids is 3. The maximum atomic E-state index is 12.0. The zero-order valence-electron chi connectivity index (χ0n) is 14.8. The van der Waals surface area contributed by atoms with Crippen molar-refractivity contribution in [2.75, 3.05) is 39.3 Å². The van der Waals surface area contributed by atoms with Crippen molar-refractivity contribution in [2.45, 2.75) is 38.6 Å². The van der Waals surface area contributed by atoms with Gasteiger partial charge in [0.1, 0.15) is 0 Å². The van der Waals surface area contributed by atoms with Gasteiger partial charge in [-0.1, -0.05) is 0 Å². The van der Waals surface area contributed by atoms with Crippen molar-refractivity contribution in [1.29, 1.82) is 0 Å². The molecule has 2 rings (SSSR count). The van der Waals surface area contributed by atoms with E-state index in [4.69, 9.17) is 0 Å². The average Bonchev–Trinajstić information content (AvgIpc) is 3.07. The number of likely N-dealkylation sites (tertiary alicyclic amines) is 1. The Bertz CT molecular complexity index is 457. The number of urea groups is 1. The van der Waals surface area contributed by atoms with E-state index in [1.807, 2.05) is 4.90 Å². The van der Waals surface area contributed by atoms with Crippen LogP contribution < -0.4 is 21.3 Å². The van der Waals surface area contributed by atoms with Crippen LogP contribution >= 0.6 is 12.4 Å². The van der Waals surface area contributed by atoms with E-state index < -0.39 is 6.03 Å². The fraction of sp³-hybridized carbons (Fsp3) is 0.812. The molecule has 0 spiro atoms. The van der Waals surface area contributed by atoms with E-state index in [-0.39, 0.29) is 36.8 Å². The van der Waals surface area contributed by atoms with Crippen molar-refractivity contribution in [2.24, 2.45) is 5.92 Å². The number of imide groups is 1. The minimum Gasteiger partial charge on any atom is -0.354 e. The number of amides is 4. The Hall–Kier alpha value is -1.38. The van der Waals surface area contributed by atoms with Gasteiger partial charge in [-0.3, -0.25) is 19.8 Å². The third-order valence-electron chi connectivity index (χ3n) is 4.50. The summed E-state index contributed by atoms with van der Waals surface area (Å²) < 4.78 is 0. The Morgan fingerprint density at radius 3 is 2.64 bits per heavy atom. The molecule has 0 aromatic carbocycles. The largest absolute Gasteiger partial charge is 0.354 e. The molecule has 9 heteroatoms. The molecule has 0 bridgehead atoms. The lowest BCUT2D eigenvalue weighted by atomic mass is 9.98. The average molecular weight is 376 g/mol. The normalized spacial score (nSPS) is 23.4. The van der Waals surface area contributed by atoms with Crippen LogP contribution in [0.3, 0.4) is 0 Å². The third kappa shape index (κ3) is 7.58. The van der Waals surface area contributed by atoms with Crippen molar-refractivity contribution in [3.63, 3.8) is 0 Å². The minimum absolute atomic E-state index is 0. The van der Waals surface area contributed by atoms with Crippen LogP contribution in [0.5, 0.6) is 0 Å². The van der Waals surface area contributed by atoms with Gasteiger partial charge in [-0.05, 0) is 51.6 Å².